The number of benzene rings is 3. The molecule has 3 fully saturated rings. The molecule has 3 aromatic rings. The molecule has 9 atom stereocenters. The minimum atomic E-state index is -1.47. The molecule has 3 aromatic carbocycles. The summed E-state index contributed by atoms with van der Waals surface area (Å²) in [6.07, 6.45) is 2.47. The number of likely N-dealkylation sites (tertiary alicyclic amines) is 1. The van der Waals surface area contributed by atoms with Gasteiger partial charge in [0.15, 0.2) is 0 Å². The summed E-state index contributed by atoms with van der Waals surface area (Å²) >= 11 is 10.4. The zero-order valence-electron chi connectivity index (χ0n) is 29.4. The first-order chi connectivity index (χ1) is 25.6. The summed E-state index contributed by atoms with van der Waals surface area (Å²) in [6.45, 7) is 8.88. The summed E-state index contributed by atoms with van der Waals surface area (Å²) in [4.78, 5) is 60.0. The first-order valence-electron chi connectivity index (χ1n) is 17.7. The molecule has 278 valence electrons. The number of aliphatic hydroxyl groups is 1. The van der Waals surface area contributed by atoms with Gasteiger partial charge >= 0.3 is 5.97 Å². The van der Waals surface area contributed by atoms with Crippen LogP contribution in [0.4, 0.5) is 5.69 Å². The van der Waals surface area contributed by atoms with Crippen LogP contribution in [-0.4, -0.2) is 75.5 Å². The number of amides is 3. The molecule has 0 aromatic heterocycles. The maximum absolute atomic E-state index is 15.1. The lowest BCUT2D eigenvalue weighted by Gasteiger charge is -2.39. The van der Waals surface area contributed by atoms with E-state index in [0.29, 0.717) is 28.3 Å². The van der Waals surface area contributed by atoms with Crippen molar-refractivity contribution in [2.24, 2.45) is 11.8 Å². The number of nitrogens with zero attached hydrogens (tertiary/aromatic N) is 2. The third-order valence-corrected chi connectivity index (χ3v) is 11.6. The Morgan fingerprint density at radius 1 is 1.06 bits per heavy atom. The van der Waals surface area contributed by atoms with Crippen LogP contribution in [-0.2, 0) is 28.7 Å². The van der Waals surface area contributed by atoms with Gasteiger partial charge in [0.25, 0.3) is 5.91 Å². The molecule has 0 aliphatic carbocycles. The normalized spacial score (nSPS) is 25.9. The summed E-state index contributed by atoms with van der Waals surface area (Å²) in [6, 6.07) is 22.1. The molecule has 3 aliphatic heterocycles. The number of rotatable bonds is 15. The van der Waals surface area contributed by atoms with Crippen molar-refractivity contribution in [2.45, 2.75) is 66.9 Å². The van der Waals surface area contributed by atoms with E-state index < -0.39 is 77.0 Å². The van der Waals surface area contributed by atoms with Crippen LogP contribution in [0.5, 0.6) is 0 Å². The molecule has 10 nitrogen and oxygen atoms in total. The van der Waals surface area contributed by atoms with E-state index in [2.05, 4.69) is 34.4 Å². The third kappa shape index (κ3) is 7.19. The summed E-state index contributed by atoms with van der Waals surface area (Å²) < 4.78 is 13.1. The monoisotopic (exact) mass is 803 g/mol. The molecule has 3 aliphatic rings. The van der Waals surface area contributed by atoms with Crippen LogP contribution in [0.1, 0.15) is 49.5 Å². The van der Waals surface area contributed by atoms with Crippen molar-refractivity contribution in [1.29, 1.82) is 0 Å². The Labute approximate surface area is 322 Å². The van der Waals surface area contributed by atoms with Gasteiger partial charge < -0.3 is 29.7 Å². The van der Waals surface area contributed by atoms with Crippen LogP contribution < -0.4 is 10.2 Å². The van der Waals surface area contributed by atoms with Gasteiger partial charge in [0.2, 0.25) is 11.8 Å². The van der Waals surface area contributed by atoms with E-state index in [4.69, 9.17) is 21.1 Å². The Hall–Kier alpha value is -4.29. The molecule has 0 saturated carbocycles. The maximum Gasteiger partial charge on any atom is 0.313 e. The first-order valence-corrected chi connectivity index (χ1v) is 19.0. The van der Waals surface area contributed by atoms with Crippen LogP contribution in [0.3, 0.4) is 0 Å². The average Bonchev–Trinajstić information content (AvgIpc) is 3.76. The van der Waals surface area contributed by atoms with Crippen LogP contribution in [0.2, 0.25) is 5.02 Å². The molecule has 2 bridgehead atoms. The molecule has 3 amide bonds. The number of carbonyl (C=O) groups is 4. The number of esters is 1. The second-order valence-corrected chi connectivity index (χ2v) is 15.2. The quantitative estimate of drug-likeness (QED) is 0.108. The number of nitrogens with one attached hydrogen (secondary N) is 1. The highest BCUT2D eigenvalue weighted by atomic mass is 79.9. The molecule has 3 heterocycles. The highest BCUT2D eigenvalue weighted by molar-refractivity contribution is 9.09. The average molecular weight is 805 g/mol. The minimum Gasteiger partial charge on any atom is -0.455 e. The number of para-hydroxylation sites is 1. The molecule has 0 radical (unpaired) electrons. The highest BCUT2D eigenvalue weighted by Crippen LogP contribution is 2.62. The number of fused-ring (bicyclic) bond motifs is 1. The Balaban J connectivity index is 1.42. The lowest BCUT2D eigenvalue weighted by Crippen LogP contribution is -2.57. The van der Waals surface area contributed by atoms with Crippen molar-refractivity contribution in [3.63, 3.8) is 0 Å². The summed E-state index contributed by atoms with van der Waals surface area (Å²) in [5, 5.41) is 14.2. The number of halogens is 2. The fourth-order valence-corrected chi connectivity index (χ4v) is 9.36. The fourth-order valence-electron chi connectivity index (χ4n) is 8.18. The number of anilines is 1. The molecule has 1 unspecified atom stereocenters. The summed E-state index contributed by atoms with van der Waals surface area (Å²) in [7, 11) is 0. The van der Waals surface area contributed by atoms with Crippen LogP contribution >= 0.6 is 27.5 Å². The number of ether oxygens (including phenoxy) is 2. The number of aliphatic hydroxyl groups excluding tert-OH is 1. The van der Waals surface area contributed by atoms with Gasteiger partial charge in [-0.1, -0.05) is 112 Å². The third-order valence-electron chi connectivity index (χ3n) is 10.4. The van der Waals surface area contributed by atoms with Crippen molar-refractivity contribution < 1.29 is 33.8 Å². The number of alkyl halides is 1. The fraction of sp³-hybridized carbons (Fsp3) is 0.366. The molecule has 12 heteroatoms. The van der Waals surface area contributed by atoms with E-state index in [0.717, 1.165) is 0 Å². The molecule has 53 heavy (non-hydrogen) atoms. The molecule has 3 saturated heterocycles. The Bertz CT molecular complexity index is 1850. The predicted octanol–water partition coefficient (Wildman–Crippen LogP) is 6.10. The second kappa shape index (κ2) is 16.4. The number of allylic oxidation sites excluding steroid dienone is 1. The number of hydrogen-bond acceptors (Lipinski definition) is 7. The maximum atomic E-state index is 15.1. The highest BCUT2D eigenvalue weighted by Gasteiger charge is 2.78. The molecular formula is C41H43BrClN3O7. The van der Waals surface area contributed by atoms with Gasteiger partial charge in [-0.05, 0) is 43.0 Å². The van der Waals surface area contributed by atoms with Gasteiger partial charge in [-0.3, -0.25) is 19.2 Å². The summed E-state index contributed by atoms with van der Waals surface area (Å²) in [5.74, 6) is -4.14. The van der Waals surface area contributed by atoms with Crippen molar-refractivity contribution in [3.05, 3.63) is 126 Å². The van der Waals surface area contributed by atoms with Crippen molar-refractivity contribution in [2.75, 3.05) is 18.1 Å². The molecule has 6 rings (SSSR count). The van der Waals surface area contributed by atoms with E-state index in [-0.39, 0.29) is 25.3 Å². The molecule has 2 N–H and O–H groups in total. The van der Waals surface area contributed by atoms with Gasteiger partial charge in [0, 0.05) is 17.8 Å². The van der Waals surface area contributed by atoms with Crippen LogP contribution in [0.15, 0.2) is 110 Å². The van der Waals surface area contributed by atoms with Gasteiger partial charge in [-0.25, -0.2) is 0 Å². The van der Waals surface area contributed by atoms with Gasteiger partial charge in [0.05, 0.1) is 47.3 Å². The van der Waals surface area contributed by atoms with Gasteiger partial charge in [-0.15, -0.1) is 13.2 Å². The minimum absolute atomic E-state index is 0.0682. The Morgan fingerprint density at radius 3 is 2.32 bits per heavy atom. The lowest BCUT2D eigenvalue weighted by molar-refractivity contribution is -0.162. The molecule has 1 spiro atoms. The zero-order valence-corrected chi connectivity index (χ0v) is 31.7. The standard InChI is InChI=1S/C41H43BrClN3O7/c1-4-6-21-32(48)44-25(3)35(27-17-11-8-12-18-27)52-40(51)33-34-38(49)46(31(24-47)26-15-9-7-10-16-26)37(41(34)23-28(42)36(33)53-41)39(50)45(22-5-2)30-20-14-13-19-29(30)43/h4-5,7-20,25,28,31,33-37,47H,1-2,6,21-24H2,3H3,(H,44,48)/t25-,28?,31+,33+,34-,35-,36+,37+,41-/m0/s1. The SMILES string of the molecule is C=CCCC(=O)N[C@@H](C)[C@H](OC(=O)[C@H]1[C@@H]2O[C@@]3(CC2Br)[C@@H]1C(=O)N([C@H](CO)c1ccccc1)[C@@H]3C(=O)N(CC=C)c1ccccc1Cl)c1ccccc1. The number of hydrogen-bond donors (Lipinski definition) is 2. The first kappa shape index (κ1) is 38.4. The van der Waals surface area contributed by atoms with Crippen LogP contribution in [0, 0.1) is 11.8 Å². The van der Waals surface area contributed by atoms with E-state index >= 15 is 9.59 Å². The van der Waals surface area contributed by atoms with E-state index in [9.17, 15) is 14.7 Å². The Morgan fingerprint density at radius 2 is 1.70 bits per heavy atom. The van der Waals surface area contributed by atoms with E-state index in [1.54, 1.807) is 67.6 Å². The topological polar surface area (TPSA) is 125 Å². The second-order valence-electron chi connectivity index (χ2n) is 13.7. The zero-order chi connectivity index (χ0) is 37.9. The van der Waals surface area contributed by atoms with Crippen LogP contribution in [0.25, 0.3) is 0 Å². The Kier molecular flexibility index (Phi) is 11.9. The summed E-state index contributed by atoms with van der Waals surface area (Å²) in [5.41, 5.74) is 0.218. The van der Waals surface area contributed by atoms with E-state index in [1.165, 1.54) is 9.80 Å². The van der Waals surface area contributed by atoms with Gasteiger partial charge in [-0.2, -0.15) is 0 Å². The largest absolute Gasteiger partial charge is 0.455 e. The van der Waals surface area contributed by atoms with Crippen molar-refractivity contribution >= 4 is 56.9 Å². The van der Waals surface area contributed by atoms with Gasteiger partial charge in [0.1, 0.15) is 17.7 Å². The predicted molar refractivity (Wildman–Crippen MR) is 205 cm³/mol. The molecular weight excluding hydrogens is 762 g/mol. The van der Waals surface area contributed by atoms with Crippen molar-refractivity contribution in [3.8, 4) is 0 Å². The van der Waals surface area contributed by atoms with E-state index in [1.807, 2.05) is 36.4 Å². The smallest absolute Gasteiger partial charge is 0.313 e. The lowest BCUT2D eigenvalue weighted by atomic mass is 9.70. The number of carbonyl (C=O) groups excluding carboxylic acids is 4. The van der Waals surface area contributed by atoms with Crippen molar-refractivity contribution in [1.82, 2.24) is 10.2 Å².